The molecule has 28 heavy (non-hydrogen) atoms. The second-order valence-electron chi connectivity index (χ2n) is 6.49. The van der Waals surface area contributed by atoms with Crippen molar-refractivity contribution in [1.82, 2.24) is 14.2 Å². The van der Waals surface area contributed by atoms with Crippen LogP contribution >= 0.6 is 15.9 Å². The van der Waals surface area contributed by atoms with Crippen LogP contribution in [-0.2, 0) is 11.3 Å². The minimum Gasteiger partial charge on any atom is -0.324 e. The third-order valence-corrected chi connectivity index (χ3v) is 5.04. The van der Waals surface area contributed by atoms with Gasteiger partial charge in [0.15, 0.2) is 0 Å². The Bertz CT molecular complexity index is 1230. The summed E-state index contributed by atoms with van der Waals surface area (Å²) in [4.78, 5) is 25.2. The minimum atomic E-state index is -0.279. The van der Waals surface area contributed by atoms with E-state index in [0.717, 1.165) is 15.6 Å². The highest BCUT2D eigenvalue weighted by Gasteiger charge is 2.12. The van der Waals surface area contributed by atoms with Crippen molar-refractivity contribution in [3.8, 4) is 11.3 Å². The normalized spacial score (nSPS) is 10.9. The molecule has 1 amide bonds. The van der Waals surface area contributed by atoms with Crippen LogP contribution < -0.4 is 10.9 Å². The highest BCUT2D eigenvalue weighted by Crippen LogP contribution is 2.23. The van der Waals surface area contributed by atoms with E-state index in [0.29, 0.717) is 16.9 Å². The Hall–Kier alpha value is -3.19. The molecule has 1 N–H and O–H groups in total. The van der Waals surface area contributed by atoms with Crippen LogP contribution in [0.3, 0.4) is 0 Å². The molecule has 4 aromatic rings. The molecule has 2 aromatic carbocycles. The SMILES string of the molecule is Cc1ccc(NC(=O)Cn2ccn3nc(-c4ccccc4)cc3c2=O)c(Br)c1. The average molecular weight is 437 g/mol. The van der Waals surface area contributed by atoms with E-state index >= 15 is 0 Å². The number of nitrogens with one attached hydrogen (secondary N) is 1. The lowest BCUT2D eigenvalue weighted by Crippen LogP contribution is -2.28. The largest absolute Gasteiger partial charge is 0.324 e. The number of fused-ring (bicyclic) bond motifs is 1. The maximum atomic E-state index is 12.8. The third-order valence-electron chi connectivity index (χ3n) is 4.39. The van der Waals surface area contributed by atoms with E-state index in [4.69, 9.17) is 0 Å². The molecular formula is C21H17BrN4O2. The molecule has 0 fully saturated rings. The van der Waals surface area contributed by atoms with Gasteiger partial charge in [-0.1, -0.05) is 36.4 Å². The van der Waals surface area contributed by atoms with E-state index in [9.17, 15) is 9.59 Å². The number of aromatic nitrogens is 3. The summed E-state index contributed by atoms with van der Waals surface area (Å²) in [6, 6.07) is 17.0. The van der Waals surface area contributed by atoms with Crippen molar-refractivity contribution in [3.63, 3.8) is 0 Å². The maximum Gasteiger partial charge on any atom is 0.277 e. The minimum absolute atomic E-state index is 0.0818. The van der Waals surface area contributed by atoms with Crippen molar-refractivity contribution in [2.45, 2.75) is 13.5 Å². The summed E-state index contributed by atoms with van der Waals surface area (Å²) in [5.41, 5.74) is 3.55. The number of halogens is 1. The molecule has 0 unspecified atom stereocenters. The first-order valence-corrected chi connectivity index (χ1v) is 9.51. The zero-order valence-electron chi connectivity index (χ0n) is 15.1. The summed E-state index contributed by atoms with van der Waals surface area (Å²) in [7, 11) is 0. The quantitative estimate of drug-likeness (QED) is 0.527. The molecule has 0 bridgehead atoms. The average Bonchev–Trinajstić information content (AvgIpc) is 3.12. The Labute approximate surface area is 169 Å². The van der Waals surface area contributed by atoms with E-state index in [-0.39, 0.29) is 18.0 Å². The number of benzene rings is 2. The maximum absolute atomic E-state index is 12.8. The number of carbonyl (C=O) groups excluding carboxylic acids is 1. The van der Waals surface area contributed by atoms with Crippen LogP contribution in [0.2, 0.25) is 0 Å². The number of amides is 1. The van der Waals surface area contributed by atoms with Gasteiger partial charge in [0, 0.05) is 22.4 Å². The van der Waals surface area contributed by atoms with E-state index in [2.05, 4.69) is 26.3 Å². The number of carbonyl (C=O) groups is 1. The van der Waals surface area contributed by atoms with E-state index in [1.54, 1.807) is 18.5 Å². The first-order chi connectivity index (χ1) is 13.5. The predicted octanol–water partition coefficient (Wildman–Crippen LogP) is 3.87. The molecule has 2 aromatic heterocycles. The Morgan fingerprint density at radius 1 is 1.11 bits per heavy atom. The lowest BCUT2D eigenvalue weighted by atomic mass is 10.1. The summed E-state index contributed by atoms with van der Waals surface area (Å²) in [6.07, 6.45) is 3.25. The number of hydrogen-bond acceptors (Lipinski definition) is 3. The van der Waals surface area contributed by atoms with Gasteiger partial charge in [0.25, 0.3) is 5.56 Å². The number of nitrogens with zero attached hydrogens (tertiary/aromatic N) is 3. The van der Waals surface area contributed by atoms with E-state index in [1.807, 2.05) is 55.5 Å². The van der Waals surface area contributed by atoms with Crippen LogP contribution in [0.1, 0.15) is 5.56 Å². The van der Waals surface area contributed by atoms with Crippen molar-refractivity contribution in [2.24, 2.45) is 0 Å². The Morgan fingerprint density at radius 2 is 1.89 bits per heavy atom. The Morgan fingerprint density at radius 3 is 2.64 bits per heavy atom. The standard InChI is InChI=1S/C21H17BrN4O2/c1-14-7-8-17(16(22)11-14)23-20(27)13-25-9-10-26-19(21(25)28)12-18(24-26)15-5-3-2-4-6-15/h2-12H,13H2,1H3,(H,23,27). The Kier molecular flexibility index (Phi) is 4.83. The van der Waals surface area contributed by atoms with Gasteiger partial charge in [0.2, 0.25) is 5.91 Å². The summed E-state index contributed by atoms with van der Waals surface area (Å²) in [5, 5.41) is 7.27. The molecule has 140 valence electrons. The third kappa shape index (κ3) is 3.61. The predicted molar refractivity (Wildman–Crippen MR) is 112 cm³/mol. The van der Waals surface area contributed by atoms with E-state index < -0.39 is 0 Å². The van der Waals surface area contributed by atoms with Gasteiger partial charge < -0.3 is 9.88 Å². The molecule has 4 rings (SSSR count). The van der Waals surface area contributed by atoms with Crippen molar-refractivity contribution < 1.29 is 4.79 Å². The Balaban J connectivity index is 1.59. The van der Waals surface area contributed by atoms with Crippen LogP contribution in [0.4, 0.5) is 5.69 Å². The van der Waals surface area contributed by atoms with Crippen molar-refractivity contribution in [1.29, 1.82) is 0 Å². The molecule has 0 saturated carbocycles. The second kappa shape index (κ2) is 7.44. The van der Waals surface area contributed by atoms with Gasteiger partial charge in [-0.15, -0.1) is 0 Å². The van der Waals surface area contributed by atoms with Crippen LogP contribution in [0.25, 0.3) is 16.8 Å². The molecule has 0 radical (unpaired) electrons. The fourth-order valence-corrected chi connectivity index (χ4v) is 3.56. The lowest BCUT2D eigenvalue weighted by Gasteiger charge is -2.09. The zero-order chi connectivity index (χ0) is 19.7. The second-order valence-corrected chi connectivity index (χ2v) is 7.34. The molecule has 0 atom stereocenters. The number of hydrogen-bond donors (Lipinski definition) is 1. The molecule has 0 saturated heterocycles. The molecule has 7 heteroatoms. The zero-order valence-corrected chi connectivity index (χ0v) is 16.7. The van der Waals surface area contributed by atoms with Crippen molar-refractivity contribution >= 4 is 33.0 Å². The summed E-state index contributed by atoms with van der Waals surface area (Å²) < 4.78 is 3.71. The molecule has 2 heterocycles. The van der Waals surface area contributed by atoms with Gasteiger partial charge in [-0.05, 0) is 46.6 Å². The summed E-state index contributed by atoms with van der Waals surface area (Å²) in [5.74, 6) is -0.279. The van der Waals surface area contributed by atoms with Crippen molar-refractivity contribution in [3.05, 3.63) is 87.4 Å². The number of anilines is 1. The van der Waals surface area contributed by atoms with Gasteiger partial charge in [0.1, 0.15) is 12.1 Å². The lowest BCUT2D eigenvalue weighted by molar-refractivity contribution is -0.116. The molecule has 0 spiro atoms. The fraction of sp³-hybridized carbons (Fsp3) is 0.0952. The monoisotopic (exact) mass is 436 g/mol. The number of rotatable bonds is 4. The van der Waals surface area contributed by atoms with Gasteiger partial charge in [-0.25, -0.2) is 4.52 Å². The molecule has 0 aliphatic heterocycles. The topological polar surface area (TPSA) is 68.4 Å². The highest BCUT2D eigenvalue weighted by molar-refractivity contribution is 9.10. The summed E-state index contributed by atoms with van der Waals surface area (Å²) in [6.45, 7) is 1.89. The van der Waals surface area contributed by atoms with Crippen LogP contribution in [0.5, 0.6) is 0 Å². The van der Waals surface area contributed by atoms with Gasteiger partial charge in [-0.2, -0.15) is 5.10 Å². The first kappa shape index (κ1) is 18.2. The first-order valence-electron chi connectivity index (χ1n) is 8.71. The molecule has 0 aliphatic rings. The highest BCUT2D eigenvalue weighted by atomic mass is 79.9. The van der Waals surface area contributed by atoms with Crippen LogP contribution in [0.15, 0.2) is 76.3 Å². The number of aryl methyl sites for hydroxylation is 1. The van der Waals surface area contributed by atoms with Crippen LogP contribution in [0, 0.1) is 6.92 Å². The molecular weight excluding hydrogens is 420 g/mol. The van der Waals surface area contributed by atoms with Gasteiger partial charge in [0.05, 0.1) is 11.4 Å². The molecule has 0 aliphatic carbocycles. The van der Waals surface area contributed by atoms with Gasteiger partial charge >= 0.3 is 0 Å². The molecule has 6 nitrogen and oxygen atoms in total. The van der Waals surface area contributed by atoms with Gasteiger partial charge in [-0.3, -0.25) is 9.59 Å². The van der Waals surface area contributed by atoms with E-state index in [1.165, 1.54) is 9.08 Å². The van der Waals surface area contributed by atoms with Crippen LogP contribution in [-0.4, -0.2) is 20.1 Å². The summed E-state index contributed by atoms with van der Waals surface area (Å²) >= 11 is 3.44. The smallest absolute Gasteiger partial charge is 0.277 e. The van der Waals surface area contributed by atoms with Crippen molar-refractivity contribution in [2.75, 3.05) is 5.32 Å². The fourth-order valence-electron chi connectivity index (χ4n) is 2.97.